The lowest BCUT2D eigenvalue weighted by Crippen LogP contribution is -2.33. The molecule has 0 spiro atoms. The van der Waals surface area contributed by atoms with Crippen LogP contribution in [0.2, 0.25) is 0 Å². The van der Waals surface area contributed by atoms with Gasteiger partial charge in [0.1, 0.15) is 5.25 Å². The topological polar surface area (TPSA) is 77.2 Å². The van der Waals surface area contributed by atoms with Crippen LogP contribution >= 0.6 is 0 Å². The van der Waals surface area contributed by atoms with Crippen molar-refractivity contribution in [3.05, 3.63) is 29.3 Å². The van der Waals surface area contributed by atoms with Crippen molar-refractivity contribution in [3.63, 3.8) is 0 Å². The first-order chi connectivity index (χ1) is 7.26. The summed E-state index contributed by atoms with van der Waals surface area (Å²) in [6.07, 6.45) is 0. The number of hydrogen-bond acceptors (Lipinski definition) is 3. The van der Waals surface area contributed by atoms with Gasteiger partial charge >= 0.3 is 0 Å². The Morgan fingerprint density at radius 1 is 1.31 bits per heavy atom. The number of carbonyl (C=O) groups excluding carboxylic acids is 1. The third-order valence-corrected chi connectivity index (χ3v) is 4.73. The normalized spacial score (nSPS) is 13.4. The first kappa shape index (κ1) is 12.7. The van der Waals surface area contributed by atoms with E-state index in [0.29, 0.717) is 5.56 Å². The van der Waals surface area contributed by atoms with Gasteiger partial charge in [-0.1, -0.05) is 12.1 Å². The van der Waals surface area contributed by atoms with E-state index in [1.165, 1.54) is 6.92 Å². The predicted octanol–water partition coefficient (Wildman–Crippen LogP) is 0.951. The number of benzene rings is 1. The number of primary amides is 1. The smallest absolute Gasteiger partial charge is 0.235 e. The summed E-state index contributed by atoms with van der Waals surface area (Å²) in [5.41, 5.74) is 6.49. The molecule has 0 aliphatic carbocycles. The van der Waals surface area contributed by atoms with Crippen molar-refractivity contribution in [1.82, 2.24) is 0 Å². The van der Waals surface area contributed by atoms with Gasteiger partial charge in [-0.2, -0.15) is 0 Å². The fraction of sp³-hybridized carbons (Fsp3) is 0.364. The molecule has 0 fully saturated rings. The van der Waals surface area contributed by atoms with Crippen molar-refractivity contribution in [2.24, 2.45) is 5.73 Å². The van der Waals surface area contributed by atoms with Crippen LogP contribution in [0.1, 0.15) is 18.1 Å². The molecule has 0 aliphatic heterocycles. The van der Waals surface area contributed by atoms with E-state index in [-0.39, 0.29) is 4.90 Å². The maximum atomic E-state index is 12.0. The van der Waals surface area contributed by atoms with E-state index in [1.54, 1.807) is 26.0 Å². The van der Waals surface area contributed by atoms with Crippen molar-refractivity contribution in [2.45, 2.75) is 30.9 Å². The van der Waals surface area contributed by atoms with E-state index in [1.807, 2.05) is 6.07 Å². The minimum atomic E-state index is -3.67. The fourth-order valence-corrected chi connectivity index (χ4v) is 2.91. The van der Waals surface area contributed by atoms with Crippen molar-refractivity contribution in [3.8, 4) is 0 Å². The molecule has 0 heterocycles. The SMILES string of the molecule is Cc1ccc(C)c(S(=O)(=O)C(C)C(N)=O)c1. The molecule has 1 rings (SSSR count). The van der Waals surface area contributed by atoms with E-state index < -0.39 is 21.0 Å². The summed E-state index contributed by atoms with van der Waals surface area (Å²) in [5, 5.41) is -1.20. The molecule has 5 heteroatoms. The molecule has 1 aromatic carbocycles. The van der Waals surface area contributed by atoms with Crippen LogP contribution in [0.25, 0.3) is 0 Å². The Hall–Kier alpha value is -1.36. The van der Waals surface area contributed by atoms with Crippen molar-refractivity contribution >= 4 is 15.7 Å². The second-order valence-electron chi connectivity index (χ2n) is 3.86. The summed E-state index contributed by atoms with van der Waals surface area (Å²) in [7, 11) is -3.67. The van der Waals surface area contributed by atoms with E-state index >= 15 is 0 Å². The molecule has 1 aromatic rings. The molecule has 1 amide bonds. The molecular weight excluding hydrogens is 226 g/mol. The Balaban J connectivity index is 3.38. The summed E-state index contributed by atoms with van der Waals surface area (Å²) in [6.45, 7) is 4.80. The monoisotopic (exact) mass is 241 g/mol. The van der Waals surface area contributed by atoms with Gasteiger partial charge < -0.3 is 5.73 Å². The molecule has 88 valence electrons. The second-order valence-corrected chi connectivity index (χ2v) is 6.10. The molecule has 2 N–H and O–H groups in total. The lowest BCUT2D eigenvalue weighted by atomic mass is 10.2. The Morgan fingerprint density at radius 3 is 2.38 bits per heavy atom. The van der Waals surface area contributed by atoms with Crippen LogP contribution in [0.4, 0.5) is 0 Å². The average Bonchev–Trinajstić information content (AvgIpc) is 2.20. The number of nitrogens with two attached hydrogens (primary N) is 1. The Labute approximate surface area is 95.4 Å². The molecule has 1 unspecified atom stereocenters. The maximum Gasteiger partial charge on any atom is 0.235 e. The maximum absolute atomic E-state index is 12.0. The summed E-state index contributed by atoms with van der Waals surface area (Å²) in [4.78, 5) is 11.1. The van der Waals surface area contributed by atoms with Gasteiger partial charge in [0.25, 0.3) is 0 Å². The molecular formula is C11H15NO3S. The number of amides is 1. The highest BCUT2D eigenvalue weighted by Gasteiger charge is 2.29. The molecule has 0 radical (unpaired) electrons. The fourth-order valence-electron chi connectivity index (χ4n) is 1.36. The van der Waals surface area contributed by atoms with Crippen LogP contribution in [0, 0.1) is 13.8 Å². The van der Waals surface area contributed by atoms with Gasteiger partial charge in [0.15, 0.2) is 9.84 Å². The zero-order valence-electron chi connectivity index (χ0n) is 9.52. The quantitative estimate of drug-likeness (QED) is 0.856. The van der Waals surface area contributed by atoms with Crippen LogP contribution in [-0.2, 0) is 14.6 Å². The summed E-state index contributed by atoms with van der Waals surface area (Å²) in [6, 6.07) is 5.10. The van der Waals surface area contributed by atoms with Crippen LogP contribution < -0.4 is 5.73 Å². The van der Waals surface area contributed by atoms with Gasteiger partial charge in [-0.15, -0.1) is 0 Å². The van der Waals surface area contributed by atoms with Crippen molar-refractivity contribution in [2.75, 3.05) is 0 Å². The molecule has 4 nitrogen and oxygen atoms in total. The first-order valence-electron chi connectivity index (χ1n) is 4.87. The van der Waals surface area contributed by atoms with E-state index in [9.17, 15) is 13.2 Å². The molecule has 0 aliphatic rings. The zero-order valence-corrected chi connectivity index (χ0v) is 10.3. The summed E-state index contributed by atoms with van der Waals surface area (Å²) in [5.74, 6) is -0.832. The van der Waals surface area contributed by atoms with Crippen LogP contribution in [0.5, 0.6) is 0 Å². The predicted molar refractivity (Wildman–Crippen MR) is 61.8 cm³/mol. The van der Waals surface area contributed by atoms with Crippen molar-refractivity contribution < 1.29 is 13.2 Å². The minimum Gasteiger partial charge on any atom is -0.369 e. The minimum absolute atomic E-state index is 0.179. The van der Waals surface area contributed by atoms with Gasteiger partial charge in [0.05, 0.1) is 4.90 Å². The highest BCUT2D eigenvalue weighted by molar-refractivity contribution is 7.92. The van der Waals surface area contributed by atoms with Crippen LogP contribution in [0.3, 0.4) is 0 Å². The largest absolute Gasteiger partial charge is 0.369 e. The summed E-state index contributed by atoms with van der Waals surface area (Å²) >= 11 is 0. The molecule has 16 heavy (non-hydrogen) atoms. The number of rotatable bonds is 3. The third-order valence-electron chi connectivity index (χ3n) is 2.52. The average molecular weight is 241 g/mol. The number of sulfone groups is 1. The van der Waals surface area contributed by atoms with Gasteiger partial charge in [-0.05, 0) is 38.0 Å². The second kappa shape index (κ2) is 4.25. The van der Waals surface area contributed by atoms with Gasteiger partial charge in [0, 0.05) is 0 Å². The first-order valence-corrected chi connectivity index (χ1v) is 6.42. The highest BCUT2D eigenvalue weighted by Crippen LogP contribution is 2.21. The van der Waals surface area contributed by atoms with E-state index in [4.69, 9.17) is 5.73 Å². The Bertz CT molecular complexity index is 520. The van der Waals surface area contributed by atoms with E-state index in [0.717, 1.165) is 5.56 Å². The van der Waals surface area contributed by atoms with Crippen LogP contribution in [-0.4, -0.2) is 19.6 Å². The van der Waals surface area contributed by atoms with E-state index in [2.05, 4.69) is 0 Å². The molecule has 0 saturated carbocycles. The lowest BCUT2D eigenvalue weighted by Gasteiger charge is -2.12. The van der Waals surface area contributed by atoms with Crippen LogP contribution in [0.15, 0.2) is 23.1 Å². The molecule has 0 aromatic heterocycles. The number of hydrogen-bond donors (Lipinski definition) is 1. The Kier molecular flexibility index (Phi) is 3.38. The third kappa shape index (κ3) is 2.24. The number of carbonyl (C=O) groups is 1. The number of aryl methyl sites for hydroxylation is 2. The van der Waals surface area contributed by atoms with Gasteiger partial charge in [-0.3, -0.25) is 4.79 Å². The summed E-state index contributed by atoms with van der Waals surface area (Å²) < 4.78 is 24.1. The molecule has 0 saturated heterocycles. The highest BCUT2D eigenvalue weighted by atomic mass is 32.2. The van der Waals surface area contributed by atoms with Crippen molar-refractivity contribution in [1.29, 1.82) is 0 Å². The lowest BCUT2D eigenvalue weighted by molar-refractivity contribution is -0.117. The standard InChI is InChI=1S/C11H15NO3S/c1-7-4-5-8(2)10(6-7)16(14,15)9(3)11(12)13/h4-6,9H,1-3H3,(H2,12,13). The Morgan fingerprint density at radius 2 is 1.88 bits per heavy atom. The zero-order chi connectivity index (χ0) is 12.5. The molecule has 0 bridgehead atoms. The molecule has 1 atom stereocenters. The van der Waals surface area contributed by atoms with Gasteiger partial charge in [-0.25, -0.2) is 8.42 Å². The van der Waals surface area contributed by atoms with Gasteiger partial charge in [0.2, 0.25) is 5.91 Å².